The molecule has 0 bridgehead atoms. The molecule has 2 aromatic rings. The number of rotatable bonds is 4. The molecule has 0 fully saturated rings. The van der Waals surface area contributed by atoms with Crippen molar-refractivity contribution in [3.8, 4) is 0 Å². The molecule has 32 heavy (non-hydrogen) atoms. The lowest BCUT2D eigenvalue weighted by atomic mass is 10.3. The predicted octanol–water partition coefficient (Wildman–Crippen LogP) is 6.11. The normalized spacial score (nSPS) is 12.8. The molecule has 0 saturated heterocycles. The number of hydrogen-bond acceptors (Lipinski definition) is 8. The minimum absolute atomic E-state index is 0.00359. The van der Waals surface area contributed by atoms with Crippen molar-refractivity contribution < 1.29 is 9.85 Å². The first kappa shape index (κ1) is 25.6. The van der Waals surface area contributed by atoms with Crippen LogP contribution in [0, 0.1) is 20.2 Å². The highest BCUT2D eigenvalue weighted by atomic mass is 35.5. The number of hydrogen-bond donors (Lipinski definition) is 2. The van der Waals surface area contributed by atoms with Gasteiger partial charge in [-0.25, -0.2) is 4.99 Å². The van der Waals surface area contributed by atoms with Crippen LogP contribution in [0.5, 0.6) is 0 Å². The maximum absolute atomic E-state index is 10.7. The molecule has 14 heteroatoms. The van der Waals surface area contributed by atoms with Gasteiger partial charge < -0.3 is 10.6 Å². The fourth-order valence-corrected chi connectivity index (χ4v) is 2.92. The van der Waals surface area contributed by atoms with Gasteiger partial charge in [-0.2, -0.15) is 0 Å². The Balaban J connectivity index is 0.000000235. The van der Waals surface area contributed by atoms with Gasteiger partial charge in [0.15, 0.2) is 10.6 Å². The number of aliphatic imine (C=N–C) groups is 2. The number of benzene rings is 2. The van der Waals surface area contributed by atoms with Gasteiger partial charge in [-0.1, -0.05) is 23.2 Å². The molecule has 0 saturated carbocycles. The van der Waals surface area contributed by atoms with E-state index in [2.05, 4.69) is 20.6 Å². The zero-order chi connectivity index (χ0) is 23.7. The van der Waals surface area contributed by atoms with Gasteiger partial charge in [-0.05, 0) is 48.2 Å². The van der Waals surface area contributed by atoms with E-state index >= 15 is 0 Å². The average Bonchev–Trinajstić information content (AvgIpc) is 3.00. The van der Waals surface area contributed by atoms with E-state index in [4.69, 9.17) is 46.4 Å². The van der Waals surface area contributed by atoms with Gasteiger partial charge in [-0.3, -0.25) is 25.2 Å². The number of anilines is 1. The molecule has 0 radical (unpaired) electrons. The van der Waals surface area contributed by atoms with Crippen LogP contribution >= 0.6 is 46.4 Å². The molecule has 1 aliphatic rings. The summed E-state index contributed by atoms with van der Waals surface area (Å²) in [6.07, 6.45) is 2.08. The fourth-order valence-electron chi connectivity index (χ4n) is 2.42. The van der Waals surface area contributed by atoms with Crippen molar-refractivity contribution in [2.24, 2.45) is 9.98 Å². The second-order valence-corrected chi connectivity index (χ2v) is 7.88. The smallest absolute Gasteiger partial charge is 0.271 e. The van der Waals surface area contributed by atoms with E-state index in [1.807, 2.05) is 0 Å². The van der Waals surface area contributed by atoms with Gasteiger partial charge in [0.2, 0.25) is 0 Å². The van der Waals surface area contributed by atoms with Gasteiger partial charge in [0.05, 0.1) is 31.3 Å². The van der Waals surface area contributed by atoms with Crippen molar-refractivity contribution in [3.63, 3.8) is 0 Å². The molecule has 1 heterocycles. The van der Waals surface area contributed by atoms with Crippen LogP contribution in [0.4, 0.5) is 22.7 Å². The van der Waals surface area contributed by atoms with Crippen molar-refractivity contribution in [1.82, 2.24) is 5.32 Å². The third-order valence-electron chi connectivity index (χ3n) is 3.91. The summed E-state index contributed by atoms with van der Waals surface area (Å²) in [6.45, 7) is 1.57. The van der Waals surface area contributed by atoms with Crippen molar-refractivity contribution in [2.75, 3.05) is 18.4 Å². The molecule has 0 spiro atoms. The summed E-state index contributed by atoms with van der Waals surface area (Å²) >= 11 is 22.3. The van der Waals surface area contributed by atoms with Gasteiger partial charge in [-0.15, -0.1) is 0 Å². The van der Waals surface area contributed by atoms with Crippen LogP contribution in [0.15, 0.2) is 46.4 Å². The molecule has 0 aliphatic carbocycles. The van der Waals surface area contributed by atoms with Gasteiger partial charge in [0.25, 0.3) is 11.4 Å². The maximum atomic E-state index is 10.7. The Morgan fingerprint density at radius 3 is 2.25 bits per heavy atom. The van der Waals surface area contributed by atoms with Crippen LogP contribution in [-0.2, 0) is 0 Å². The first-order chi connectivity index (χ1) is 15.2. The number of nitro groups is 2. The summed E-state index contributed by atoms with van der Waals surface area (Å²) in [6, 6.07) is 8.08. The lowest BCUT2D eigenvalue weighted by Crippen LogP contribution is -2.30. The molecule has 2 N–H and O–H groups in total. The van der Waals surface area contributed by atoms with Crippen LogP contribution in [0.25, 0.3) is 0 Å². The van der Waals surface area contributed by atoms with Crippen molar-refractivity contribution in [3.05, 3.63) is 66.7 Å². The Morgan fingerprint density at radius 1 is 1.00 bits per heavy atom. The molecule has 0 amide bonds. The molecule has 0 aromatic heterocycles. The van der Waals surface area contributed by atoms with Crippen molar-refractivity contribution >= 4 is 79.7 Å². The Kier molecular flexibility index (Phi) is 9.92. The van der Waals surface area contributed by atoms with E-state index in [1.165, 1.54) is 36.4 Å². The summed E-state index contributed by atoms with van der Waals surface area (Å²) in [5.74, 6) is 0.606. The number of halogens is 4. The highest BCUT2D eigenvalue weighted by Crippen LogP contribution is 2.30. The third-order valence-corrected chi connectivity index (χ3v) is 4.72. The molecule has 2 aromatic carbocycles. The summed E-state index contributed by atoms with van der Waals surface area (Å²) in [5.41, 5.74) is 0.527. The maximum Gasteiger partial charge on any atom is 0.271 e. The lowest BCUT2D eigenvalue weighted by molar-refractivity contribution is -0.385. The Bertz CT molecular complexity index is 1060. The second kappa shape index (κ2) is 12.4. The molecule has 170 valence electrons. The molecule has 10 nitrogen and oxygen atoms in total. The topological polar surface area (TPSA) is 135 Å². The highest BCUT2D eigenvalue weighted by molar-refractivity contribution is 6.95. The average molecular weight is 522 g/mol. The molecule has 3 rings (SSSR count). The molecule has 0 atom stereocenters. The Morgan fingerprint density at radius 2 is 1.62 bits per heavy atom. The van der Waals surface area contributed by atoms with E-state index in [9.17, 15) is 20.2 Å². The summed E-state index contributed by atoms with van der Waals surface area (Å²) in [4.78, 5) is 28.0. The van der Waals surface area contributed by atoms with Gasteiger partial charge in [0.1, 0.15) is 0 Å². The molecular formula is C18H16Cl4N6O4. The Hall–Kier alpha value is -2.66. The van der Waals surface area contributed by atoms with Crippen LogP contribution in [0.3, 0.4) is 0 Å². The monoisotopic (exact) mass is 520 g/mol. The molecule has 0 unspecified atom stereocenters. The van der Waals surface area contributed by atoms with E-state index in [0.717, 1.165) is 25.9 Å². The zero-order valence-corrected chi connectivity index (χ0v) is 19.2. The van der Waals surface area contributed by atoms with Crippen molar-refractivity contribution in [1.29, 1.82) is 0 Å². The summed E-state index contributed by atoms with van der Waals surface area (Å²) < 4.78 is -0.257. The number of nitro benzene ring substituents is 2. The van der Waals surface area contributed by atoms with E-state index in [1.54, 1.807) is 0 Å². The van der Waals surface area contributed by atoms with E-state index < -0.39 is 9.85 Å². The number of nitrogens with one attached hydrogen (secondary N) is 2. The molecule has 1 aliphatic heterocycles. The van der Waals surface area contributed by atoms with Crippen LogP contribution in [0.2, 0.25) is 10.0 Å². The first-order valence-corrected chi connectivity index (χ1v) is 10.5. The zero-order valence-electron chi connectivity index (χ0n) is 16.2. The van der Waals surface area contributed by atoms with Crippen LogP contribution in [0.1, 0.15) is 12.8 Å². The standard InChI is InChI=1S/C11H13ClN4O2.C7H3Cl3N2O2/c12-9-4-3-8(16(17)18)7-10(9)15-11-13-5-1-2-6-14-11;8-5-2-1-4(12(13)14)3-6(5)11-7(9)10/h3-4,7H,1-2,5-6H2,(H2,13,14,15);1-3H. The molecular weight excluding hydrogens is 506 g/mol. The van der Waals surface area contributed by atoms with Crippen molar-refractivity contribution in [2.45, 2.75) is 12.8 Å². The predicted molar refractivity (Wildman–Crippen MR) is 128 cm³/mol. The first-order valence-electron chi connectivity index (χ1n) is 9.00. The second-order valence-electron chi connectivity index (χ2n) is 6.16. The highest BCUT2D eigenvalue weighted by Gasteiger charge is 2.12. The fraction of sp³-hybridized carbons (Fsp3) is 0.222. The Labute approximate surface area is 202 Å². The summed E-state index contributed by atoms with van der Waals surface area (Å²) in [7, 11) is 0. The van der Waals surface area contributed by atoms with E-state index in [0.29, 0.717) is 16.7 Å². The number of nitrogens with zero attached hydrogens (tertiary/aromatic N) is 4. The third kappa shape index (κ3) is 8.12. The largest absolute Gasteiger partial charge is 0.356 e. The van der Waals surface area contributed by atoms with Gasteiger partial charge >= 0.3 is 0 Å². The van der Waals surface area contributed by atoms with Crippen LogP contribution < -0.4 is 10.6 Å². The minimum Gasteiger partial charge on any atom is -0.356 e. The number of guanidine groups is 1. The SMILES string of the molecule is O=[N+]([O-])c1ccc(Cl)c(N=C(Cl)Cl)c1.O=[N+]([O-])c1ccc(Cl)c(NC2=NCCCCN2)c1. The van der Waals surface area contributed by atoms with Crippen LogP contribution in [-0.4, -0.2) is 33.5 Å². The van der Waals surface area contributed by atoms with Gasteiger partial charge in [0, 0.05) is 37.4 Å². The quantitative estimate of drug-likeness (QED) is 0.283. The lowest BCUT2D eigenvalue weighted by Gasteiger charge is -2.11. The summed E-state index contributed by atoms with van der Waals surface area (Å²) in [5, 5.41) is 27.9. The van der Waals surface area contributed by atoms with E-state index in [-0.39, 0.29) is 26.7 Å². The minimum atomic E-state index is -0.558. The number of non-ortho nitro benzene ring substituents is 2.